The first-order valence-corrected chi connectivity index (χ1v) is 6.42. The van der Waals surface area contributed by atoms with Gasteiger partial charge in [0.2, 0.25) is 11.8 Å². The lowest BCUT2D eigenvalue weighted by Crippen LogP contribution is -2.40. The fourth-order valence-electron chi connectivity index (χ4n) is 2.73. The topological polar surface area (TPSA) is 40.6 Å². The first-order valence-electron chi connectivity index (χ1n) is 6.42. The molecule has 2 heterocycles. The Morgan fingerprint density at radius 2 is 2.00 bits per heavy atom. The van der Waals surface area contributed by atoms with Crippen LogP contribution >= 0.6 is 0 Å². The van der Waals surface area contributed by atoms with Crippen LogP contribution in [0.1, 0.15) is 18.4 Å². The molecule has 1 aromatic rings. The number of nitrogens with zero attached hydrogens (tertiary/aromatic N) is 2. The Bertz CT molecular complexity index is 498. The Morgan fingerprint density at radius 3 is 2.78 bits per heavy atom. The molecule has 94 valence electrons. The van der Waals surface area contributed by atoms with Crippen molar-refractivity contribution in [1.82, 2.24) is 4.90 Å². The minimum absolute atomic E-state index is 0.0208. The van der Waals surface area contributed by atoms with Crippen molar-refractivity contribution in [3.63, 3.8) is 0 Å². The number of fused-ring (bicyclic) bond motifs is 1. The van der Waals surface area contributed by atoms with Gasteiger partial charge in [-0.15, -0.1) is 0 Å². The number of imide groups is 1. The van der Waals surface area contributed by atoms with Gasteiger partial charge < -0.3 is 4.90 Å². The predicted octanol–water partition coefficient (Wildman–Crippen LogP) is 1.20. The van der Waals surface area contributed by atoms with E-state index < -0.39 is 0 Å². The van der Waals surface area contributed by atoms with Crippen molar-refractivity contribution in [2.45, 2.75) is 19.3 Å². The second-order valence-corrected chi connectivity index (χ2v) is 4.84. The van der Waals surface area contributed by atoms with Crippen LogP contribution in [0, 0.1) is 0 Å². The molecule has 2 aliphatic rings. The molecule has 0 radical (unpaired) electrons. The Balaban J connectivity index is 1.71. The highest BCUT2D eigenvalue weighted by atomic mass is 16.2. The summed E-state index contributed by atoms with van der Waals surface area (Å²) in [5, 5.41) is 0. The summed E-state index contributed by atoms with van der Waals surface area (Å²) in [6.45, 7) is 1.78. The largest absolute Gasteiger partial charge is 0.362 e. The van der Waals surface area contributed by atoms with Gasteiger partial charge in [-0.1, -0.05) is 18.2 Å². The van der Waals surface area contributed by atoms with Gasteiger partial charge in [0.1, 0.15) is 0 Å². The molecule has 1 fully saturated rings. The van der Waals surface area contributed by atoms with E-state index in [1.807, 2.05) is 18.2 Å². The number of likely N-dealkylation sites (tertiary alicyclic amines) is 1. The van der Waals surface area contributed by atoms with E-state index in [0.29, 0.717) is 19.5 Å². The van der Waals surface area contributed by atoms with Gasteiger partial charge in [-0.05, 0) is 24.5 Å². The first-order chi connectivity index (χ1) is 8.75. The van der Waals surface area contributed by atoms with Crippen LogP contribution in [0.5, 0.6) is 0 Å². The molecule has 0 aromatic heterocycles. The Labute approximate surface area is 106 Å². The van der Waals surface area contributed by atoms with Crippen molar-refractivity contribution >= 4 is 17.5 Å². The molecule has 0 N–H and O–H groups in total. The lowest BCUT2D eigenvalue weighted by Gasteiger charge is -2.21. The molecule has 0 atom stereocenters. The number of para-hydroxylation sites is 1. The predicted molar refractivity (Wildman–Crippen MR) is 68.3 cm³/mol. The summed E-state index contributed by atoms with van der Waals surface area (Å²) < 4.78 is 0. The smallest absolute Gasteiger partial charge is 0.248 e. The van der Waals surface area contributed by atoms with Gasteiger partial charge in [0.25, 0.3) is 0 Å². The Hall–Kier alpha value is -1.84. The van der Waals surface area contributed by atoms with Crippen LogP contribution in [0.15, 0.2) is 24.3 Å². The molecule has 4 nitrogen and oxygen atoms in total. The summed E-state index contributed by atoms with van der Waals surface area (Å²) in [6.07, 6.45) is 2.31. The first kappa shape index (κ1) is 11.3. The summed E-state index contributed by atoms with van der Waals surface area (Å²) >= 11 is 0. The zero-order chi connectivity index (χ0) is 12.5. The second-order valence-electron chi connectivity index (χ2n) is 4.84. The van der Waals surface area contributed by atoms with Gasteiger partial charge in [-0.2, -0.15) is 0 Å². The summed E-state index contributed by atoms with van der Waals surface area (Å²) in [5.41, 5.74) is 2.43. The average molecular weight is 244 g/mol. The number of carbonyl (C=O) groups is 2. The number of anilines is 1. The minimum Gasteiger partial charge on any atom is -0.362 e. The minimum atomic E-state index is -0.0609. The van der Waals surface area contributed by atoms with E-state index in [1.165, 1.54) is 10.5 Å². The summed E-state index contributed by atoms with van der Waals surface area (Å²) in [4.78, 5) is 27.1. The number of carbonyl (C=O) groups excluding carboxylic acids is 2. The average Bonchev–Trinajstić information content (AvgIpc) is 2.97. The third-order valence-electron chi connectivity index (χ3n) is 3.68. The van der Waals surface area contributed by atoms with E-state index in [2.05, 4.69) is 11.0 Å². The molecular formula is C14H16N2O2. The van der Waals surface area contributed by atoms with Crippen LogP contribution < -0.4 is 4.90 Å². The van der Waals surface area contributed by atoms with E-state index in [9.17, 15) is 9.59 Å². The maximum Gasteiger partial charge on any atom is 0.248 e. The molecule has 2 aliphatic heterocycles. The van der Waals surface area contributed by atoms with Crippen LogP contribution in [-0.2, 0) is 16.0 Å². The number of benzene rings is 1. The van der Waals surface area contributed by atoms with Gasteiger partial charge in [0, 0.05) is 25.2 Å². The van der Waals surface area contributed by atoms with E-state index in [4.69, 9.17) is 0 Å². The van der Waals surface area contributed by atoms with Gasteiger partial charge in [-0.3, -0.25) is 14.5 Å². The van der Waals surface area contributed by atoms with Crippen LogP contribution in [0.2, 0.25) is 0 Å². The van der Waals surface area contributed by atoms with Crippen LogP contribution in [0.25, 0.3) is 0 Å². The van der Waals surface area contributed by atoms with Crippen LogP contribution in [0.3, 0.4) is 0 Å². The van der Waals surface area contributed by atoms with Crippen molar-refractivity contribution in [1.29, 1.82) is 0 Å². The number of hydrogen-bond donors (Lipinski definition) is 0. The maximum atomic E-state index is 12.1. The molecule has 2 amide bonds. The van der Waals surface area contributed by atoms with E-state index in [0.717, 1.165) is 25.1 Å². The molecule has 0 spiro atoms. The van der Waals surface area contributed by atoms with Crippen molar-refractivity contribution < 1.29 is 9.59 Å². The molecule has 0 aliphatic carbocycles. The van der Waals surface area contributed by atoms with E-state index in [1.54, 1.807) is 0 Å². The SMILES string of the molecule is O=C1CCCN1C(=O)CN1CCc2ccccc21. The molecular weight excluding hydrogens is 228 g/mol. The van der Waals surface area contributed by atoms with Crippen molar-refractivity contribution in [3.8, 4) is 0 Å². The molecule has 3 rings (SSSR count). The number of rotatable bonds is 2. The molecule has 1 aromatic carbocycles. The third kappa shape index (κ3) is 1.88. The van der Waals surface area contributed by atoms with E-state index in [-0.39, 0.29) is 11.8 Å². The monoisotopic (exact) mass is 244 g/mol. The van der Waals surface area contributed by atoms with Crippen molar-refractivity contribution in [2.75, 3.05) is 24.5 Å². The molecule has 18 heavy (non-hydrogen) atoms. The molecule has 4 heteroatoms. The maximum absolute atomic E-state index is 12.1. The summed E-state index contributed by atoms with van der Waals surface area (Å²) in [6, 6.07) is 8.15. The normalized spacial score (nSPS) is 18.3. The molecule has 0 bridgehead atoms. The van der Waals surface area contributed by atoms with Gasteiger partial charge in [0.15, 0.2) is 0 Å². The Kier molecular flexibility index (Phi) is 2.78. The zero-order valence-corrected chi connectivity index (χ0v) is 10.3. The fraction of sp³-hybridized carbons (Fsp3) is 0.429. The van der Waals surface area contributed by atoms with Gasteiger partial charge >= 0.3 is 0 Å². The quantitative estimate of drug-likeness (QED) is 0.785. The highest BCUT2D eigenvalue weighted by Gasteiger charge is 2.29. The summed E-state index contributed by atoms with van der Waals surface area (Å²) in [5.74, 6) is -0.0818. The standard InChI is InChI=1S/C14H16N2O2/c17-13-6-3-8-16(13)14(18)10-15-9-7-11-4-1-2-5-12(11)15/h1-2,4-5H,3,6-10H2. The van der Waals surface area contributed by atoms with Crippen LogP contribution in [-0.4, -0.2) is 36.3 Å². The Morgan fingerprint density at radius 1 is 1.17 bits per heavy atom. The fourth-order valence-corrected chi connectivity index (χ4v) is 2.73. The molecule has 0 saturated carbocycles. The van der Waals surface area contributed by atoms with Gasteiger partial charge in [-0.25, -0.2) is 0 Å². The summed E-state index contributed by atoms with van der Waals surface area (Å²) in [7, 11) is 0. The lowest BCUT2D eigenvalue weighted by molar-refractivity contribution is -0.140. The zero-order valence-electron chi connectivity index (χ0n) is 10.3. The van der Waals surface area contributed by atoms with E-state index >= 15 is 0 Å². The highest BCUT2D eigenvalue weighted by Crippen LogP contribution is 2.27. The highest BCUT2D eigenvalue weighted by molar-refractivity contribution is 5.98. The third-order valence-corrected chi connectivity index (χ3v) is 3.68. The second kappa shape index (κ2) is 4.44. The molecule has 1 saturated heterocycles. The lowest BCUT2D eigenvalue weighted by atomic mass is 10.2. The van der Waals surface area contributed by atoms with Crippen molar-refractivity contribution in [2.24, 2.45) is 0 Å². The van der Waals surface area contributed by atoms with Gasteiger partial charge in [0.05, 0.1) is 6.54 Å². The number of amides is 2. The van der Waals surface area contributed by atoms with Crippen molar-refractivity contribution in [3.05, 3.63) is 29.8 Å². The van der Waals surface area contributed by atoms with Crippen LogP contribution in [0.4, 0.5) is 5.69 Å². The molecule has 0 unspecified atom stereocenters. The number of hydrogen-bond acceptors (Lipinski definition) is 3.